The molecule has 0 amide bonds. The molecule has 0 bridgehead atoms. The average molecular weight is 204 g/mol. The Morgan fingerprint density at radius 2 is 2.21 bits per heavy atom. The van der Waals surface area contributed by atoms with E-state index in [1.807, 2.05) is 0 Å². The van der Waals surface area contributed by atoms with Crippen LogP contribution in [0.3, 0.4) is 0 Å². The molecule has 0 aliphatic heterocycles. The molecule has 0 atom stereocenters. The summed E-state index contributed by atoms with van der Waals surface area (Å²) < 4.78 is 37.8. The average Bonchev–Trinajstić information content (AvgIpc) is 2.45. The lowest BCUT2D eigenvalue weighted by Crippen LogP contribution is -2.11. The van der Waals surface area contributed by atoms with Crippen LogP contribution >= 0.6 is 0 Å². The van der Waals surface area contributed by atoms with Crippen molar-refractivity contribution in [2.24, 2.45) is 7.05 Å². The van der Waals surface area contributed by atoms with Crippen LogP contribution in [0.4, 0.5) is 13.2 Å². The van der Waals surface area contributed by atoms with E-state index in [1.165, 1.54) is 7.05 Å². The van der Waals surface area contributed by atoms with Crippen LogP contribution in [0.2, 0.25) is 0 Å². The molecular formula is C8H7F3N2O. The fraction of sp³-hybridized carbons (Fsp3) is 0.250. The number of alkyl halides is 3. The molecule has 0 N–H and O–H groups in total. The number of halogens is 3. The van der Waals surface area contributed by atoms with E-state index in [2.05, 4.69) is 11.7 Å². The van der Waals surface area contributed by atoms with Crippen LogP contribution in [0, 0.1) is 0 Å². The van der Waals surface area contributed by atoms with Crippen molar-refractivity contribution in [3.8, 4) is 0 Å². The molecule has 1 rings (SSSR count). The summed E-state index contributed by atoms with van der Waals surface area (Å²) in [4.78, 5) is 11.0. The van der Waals surface area contributed by atoms with Crippen molar-refractivity contribution in [2.75, 3.05) is 0 Å². The van der Waals surface area contributed by atoms with Gasteiger partial charge in [-0.1, -0.05) is 6.58 Å². The predicted molar refractivity (Wildman–Crippen MR) is 42.7 cm³/mol. The quantitative estimate of drug-likeness (QED) is 0.544. The summed E-state index contributed by atoms with van der Waals surface area (Å²) in [5, 5.41) is 3.17. The second-order valence-corrected chi connectivity index (χ2v) is 2.63. The predicted octanol–water partition coefficient (Wildman–Crippen LogP) is 1.81. The van der Waals surface area contributed by atoms with Gasteiger partial charge in [0.2, 0.25) is 0 Å². The number of hydrogen-bond donors (Lipinski definition) is 0. The fourth-order valence-corrected chi connectivity index (χ4v) is 0.988. The highest BCUT2D eigenvalue weighted by Gasteiger charge is 2.38. The highest BCUT2D eigenvalue weighted by Crippen LogP contribution is 2.30. The third-order valence-electron chi connectivity index (χ3n) is 1.55. The topological polar surface area (TPSA) is 34.9 Å². The lowest BCUT2D eigenvalue weighted by molar-refractivity contribution is -0.141. The number of allylic oxidation sites excluding steroid dienone is 1. The van der Waals surface area contributed by atoms with Gasteiger partial charge < -0.3 is 0 Å². The van der Waals surface area contributed by atoms with Gasteiger partial charge >= 0.3 is 6.18 Å². The first-order valence-electron chi connectivity index (χ1n) is 3.64. The summed E-state index contributed by atoms with van der Waals surface area (Å²) in [7, 11) is 1.31. The molecule has 14 heavy (non-hydrogen) atoms. The first kappa shape index (κ1) is 10.5. The molecule has 1 heterocycles. The molecule has 0 spiro atoms. The zero-order valence-corrected chi connectivity index (χ0v) is 7.30. The Kier molecular flexibility index (Phi) is 2.46. The van der Waals surface area contributed by atoms with Gasteiger partial charge in [-0.3, -0.25) is 9.48 Å². The molecule has 1 aromatic heterocycles. The Bertz CT molecular complexity index is 378. The van der Waals surface area contributed by atoms with Gasteiger partial charge in [0, 0.05) is 13.2 Å². The third-order valence-corrected chi connectivity index (χ3v) is 1.55. The zero-order valence-electron chi connectivity index (χ0n) is 7.30. The van der Waals surface area contributed by atoms with Crippen LogP contribution < -0.4 is 0 Å². The van der Waals surface area contributed by atoms with Crippen molar-refractivity contribution in [1.29, 1.82) is 0 Å². The highest BCUT2D eigenvalue weighted by atomic mass is 19.4. The minimum atomic E-state index is -4.62. The standard InChI is InChI=1S/C8H7F3N2O/c1-3-6(14)5-4-13(2)12-7(5)8(9,10)11/h3-4H,1H2,2H3. The van der Waals surface area contributed by atoms with Gasteiger partial charge in [0.15, 0.2) is 11.5 Å². The Morgan fingerprint density at radius 1 is 1.64 bits per heavy atom. The normalized spacial score (nSPS) is 11.4. The van der Waals surface area contributed by atoms with Gasteiger partial charge in [-0.25, -0.2) is 0 Å². The number of carbonyl (C=O) groups excluding carboxylic acids is 1. The second kappa shape index (κ2) is 3.28. The Morgan fingerprint density at radius 3 is 2.64 bits per heavy atom. The first-order chi connectivity index (χ1) is 6.36. The number of ketones is 1. The summed E-state index contributed by atoms with van der Waals surface area (Å²) in [6.45, 7) is 3.12. The van der Waals surface area contributed by atoms with Gasteiger partial charge in [-0.2, -0.15) is 18.3 Å². The van der Waals surface area contributed by atoms with Crippen LogP contribution in [-0.4, -0.2) is 15.6 Å². The molecule has 0 radical (unpaired) electrons. The Hall–Kier alpha value is -1.59. The fourth-order valence-electron chi connectivity index (χ4n) is 0.988. The van der Waals surface area contributed by atoms with E-state index in [0.717, 1.165) is 17.0 Å². The molecule has 0 unspecified atom stereocenters. The molecule has 76 valence electrons. The highest BCUT2D eigenvalue weighted by molar-refractivity contribution is 6.04. The first-order valence-corrected chi connectivity index (χ1v) is 3.64. The second-order valence-electron chi connectivity index (χ2n) is 2.63. The molecule has 1 aromatic rings. The third kappa shape index (κ3) is 1.84. The maximum Gasteiger partial charge on any atom is 0.435 e. The number of carbonyl (C=O) groups is 1. The lowest BCUT2D eigenvalue weighted by atomic mass is 10.1. The van der Waals surface area contributed by atoms with Gasteiger partial charge in [-0.05, 0) is 6.08 Å². The van der Waals surface area contributed by atoms with E-state index in [0.29, 0.717) is 0 Å². The summed E-state index contributed by atoms with van der Waals surface area (Å²) in [5.74, 6) is -0.787. The van der Waals surface area contributed by atoms with E-state index >= 15 is 0 Å². The van der Waals surface area contributed by atoms with Crippen LogP contribution in [0.25, 0.3) is 0 Å². The van der Waals surface area contributed by atoms with E-state index in [4.69, 9.17) is 0 Å². The maximum absolute atomic E-state index is 12.3. The number of nitrogens with zero attached hydrogens (tertiary/aromatic N) is 2. The zero-order chi connectivity index (χ0) is 10.9. The molecule has 6 heteroatoms. The van der Waals surface area contributed by atoms with E-state index in [9.17, 15) is 18.0 Å². The van der Waals surface area contributed by atoms with E-state index in [1.54, 1.807) is 0 Å². The number of hydrogen-bond acceptors (Lipinski definition) is 2. The van der Waals surface area contributed by atoms with Crippen LogP contribution in [0.15, 0.2) is 18.9 Å². The Balaban J connectivity index is 3.29. The van der Waals surface area contributed by atoms with Crippen molar-refractivity contribution in [3.63, 3.8) is 0 Å². The smallest absolute Gasteiger partial charge is 0.289 e. The summed E-state index contributed by atoms with van der Waals surface area (Å²) in [5.41, 5.74) is -1.65. The molecule has 0 fully saturated rings. The van der Waals surface area contributed by atoms with Gasteiger partial charge in [-0.15, -0.1) is 0 Å². The number of rotatable bonds is 2. The molecular weight excluding hydrogens is 197 g/mol. The minimum Gasteiger partial charge on any atom is -0.289 e. The largest absolute Gasteiger partial charge is 0.435 e. The summed E-state index contributed by atoms with van der Waals surface area (Å²) in [6.07, 6.45) is -2.77. The SMILES string of the molecule is C=CC(=O)c1cn(C)nc1C(F)(F)F. The van der Waals surface area contributed by atoms with Crippen LogP contribution in [0.5, 0.6) is 0 Å². The van der Waals surface area contributed by atoms with Gasteiger partial charge in [0.05, 0.1) is 5.56 Å². The minimum absolute atomic E-state index is 0.477. The van der Waals surface area contributed by atoms with Crippen molar-refractivity contribution >= 4 is 5.78 Å². The van der Waals surface area contributed by atoms with Gasteiger partial charge in [0.1, 0.15) is 0 Å². The van der Waals surface area contributed by atoms with Crippen molar-refractivity contribution in [3.05, 3.63) is 30.1 Å². The molecule has 0 aliphatic rings. The van der Waals surface area contributed by atoms with Crippen LogP contribution in [0.1, 0.15) is 16.1 Å². The summed E-state index contributed by atoms with van der Waals surface area (Å²) in [6, 6.07) is 0. The van der Waals surface area contributed by atoms with E-state index in [-0.39, 0.29) is 0 Å². The summed E-state index contributed by atoms with van der Waals surface area (Å²) >= 11 is 0. The molecule has 0 saturated carbocycles. The van der Waals surface area contributed by atoms with Crippen molar-refractivity contribution in [2.45, 2.75) is 6.18 Å². The monoisotopic (exact) mass is 204 g/mol. The number of aromatic nitrogens is 2. The van der Waals surface area contributed by atoms with Crippen molar-refractivity contribution in [1.82, 2.24) is 9.78 Å². The maximum atomic E-state index is 12.3. The molecule has 0 aromatic carbocycles. The molecule has 3 nitrogen and oxygen atoms in total. The van der Waals surface area contributed by atoms with Gasteiger partial charge in [0.25, 0.3) is 0 Å². The van der Waals surface area contributed by atoms with Crippen LogP contribution in [-0.2, 0) is 13.2 Å². The lowest BCUT2D eigenvalue weighted by Gasteiger charge is -2.02. The number of aryl methyl sites for hydroxylation is 1. The molecule has 0 saturated heterocycles. The Labute approximate surface area is 77.8 Å². The van der Waals surface area contributed by atoms with Crippen molar-refractivity contribution < 1.29 is 18.0 Å². The molecule has 0 aliphatic carbocycles. The van der Waals surface area contributed by atoms with E-state index < -0.39 is 23.2 Å².